The molecule has 5 nitrogen and oxygen atoms in total. The van der Waals surface area contributed by atoms with Gasteiger partial charge >= 0.3 is 0 Å². The lowest BCUT2D eigenvalue weighted by Crippen LogP contribution is -2.20. The van der Waals surface area contributed by atoms with Crippen molar-refractivity contribution in [3.8, 4) is 17.1 Å². The highest BCUT2D eigenvalue weighted by Gasteiger charge is 2.15. The first-order valence-electron chi connectivity index (χ1n) is 9.02. The number of benzene rings is 2. The van der Waals surface area contributed by atoms with E-state index in [9.17, 15) is 4.79 Å². The van der Waals surface area contributed by atoms with Crippen LogP contribution in [0.25, 0.3) is 11.4 Å². The number of aromatic nitrogens is 2. The number of ether oxygens (including phenoxy) is 1. The van der Waals surface area contributed by atoms with Gasteiger partial charge in [0.05, 0.1) is 0 Å². The SMILES string of the molecule is O=C(COc1ccc(I)cc1)Nc1ccc(-c2ncc3n2CCCC3)cc1. The molecule has 1 aromatic heterocycles. The second-order valence-corrected chi connectivity index (χ2v) is 7.80. The van der Waals surface area contributed by atoms with Crippen LogP contribution in [-0.2, 0) is 17.8 Å². The van der Waals surface area contributed by atoms with Crippen molar-refractivity contribution in [2.45, 2.75) is 25.8 Å². The van der Waals surface area contributed by atoms with E-state index in [0.717, 1.165) is 33.6 Å². The molecule has 0 saturated carbocycles. The number of carbonyl (C=O) groups is 1. The molecule has 27 heavy (non-hydrogen) atoms. The van der Waals surface area contributed by atoms with Gasteiger partial charge in [-0.2, -0.15) is 0 Å². The molecule has 0 aliphatic carbocycles. The molecule has 1 aliphatic rings. The van der Waals surface area contributed by atoms with Gasteiger partial charge < -0.3 is 14.6 Å². The predicted molar refractivity (Wildman–Crippen MR) is 114 cm³/mol. The fourth-order valence-corrected chi connectivity index (χ4v) is 3.61. The van der Waals surface area contributed by atoms with Crippen molar-refractivity contribution in [1.82, 2.24) is 9.55 Å². The predicted octanol–water partition coefficient (Wildman–Crippen LogP) is 4.51. The van der Waals surface area contributed by atoms with Crippen LogP contribution in [-0.4, -0.2) is 22.1 Å². The number of nitrogens with one attached hydrogen (secondary N) is 1. The van der Waals surface area contributed by atoms with Crippen molar-refractivity contribution in [3.05, 3.63) is 64.0 Å². The molecular weight excluding hydrogens is 453 g/mol. The zero-order valence-electron chi connectivity index (χ0n) is 14.8. The molecule has 0 bridgehead atoms. The molecule has 0 radical (unpaired) electrons. The summed E-state index contributed by atoms with van der Waals surface area (Å²) in [6.07, 6.45) is 5.51. The summed E-state index contributed by atoms with van der Waals surface area (Å²) in [6.45, 7) is 1.01. The molecular formula is C21H20IN3O2. The Morgan fingerprint density at radius 2 is 1.89 bits per heavy atom. The first kappa shape index (κ1) is 18.0. The lowest BCUT2D eigenvalue weighted by molar-refractivity contribution is -0.118. The largest absolute Gasteiger partial charge is 0.484 e. The van der Waals surface area contributed by atoms with Crippen molar-refractivity contribution in [1.29, 1.82) is 0 Å². The number of hydrogen-bond acceptors (Lipinski definition) is 3. The Hall–Kier alpha value is -2.35. The quantitative estimate of drug-likeness (QED) is 0.555. The summed E-state index contributed by atoms with van der Waals surface area (Å²) in [7, 11) is 0. The molecule has 2 aromatic carbocycles. The number of nitrogens with zero attached hydrogens (tertiary/aromatic N) is 2. The summed E-state index contributed by atoms with van der Waals surface area (Å²) < 4.78 is 8.94. The Balaban J connectivity index is 1.37. The minimum Gasteiger partial charge on any atom is -0.484 e. The lowest BCUT2D eigenvalue weighted by atomic mass is 10.1. The van der Waals surface area contributed by atoms with E-state index in [1.165, 1.54) is 18.5 Å². The summed E-state index contributed by atoms with van der Waals surface area (Å²) in [5, 5.41) is 2.87. The first-order valence-corrected chi connectivity index (χ1v) is 10.1. The number of aryl methyl sites for hydroxylation is 1. The number of amides is 1. The second kappa shape index (κ2) is 8.12. The maximum atomic E-state index is 12.1. The third-order valence-corrected chi connectivity index (χ3v) is 5.33. The van der Waals surface area contributed by atoms with E-state index < -0.39 is 0 Å². The Kier molecular flexibility index (Phi) is 5.42. The van der Waals surface area contributed by atoms with Gasteiger partial charge in [-0.1, -0.05) is 0 Å². The van der Waals surface area contributed by atoms with E-state index in [4.69, 9.17) is 4.74 Å². The maximum absolute atomic E-state index is 12.1. The van der Waals surface area contributed by atoms with Gasteiger partial charge in [-0.15, -0.1) is 0 Å². The van der Waals surface area contributed by atoms with Crippen molar-refractivity contribution in [2.24, 2.45) is 0 Å². The number of rotatable bonds is 5. The molecule has 0 spiro atoms. The molecule has 4 rings (SSSR count). The van der Waals surface area contributed by atoms with Crippen molar-refractivity contribution in [2.75, 3.05) is 11.9 Å². The topological polar surface area (TPSA) is 56.1 Å². The van der Waals surface area contributed by atoms with Gasteiger partial charge in [-0.25, -0.2) is 4.98 Å². The van der Waals surface area contributed by atoms with Crippen LogP contribution in [0.2, 0.25) is 0 Å². The molecule has 2 heterocycles. The van der Waals surface area contributed by atoms with Crippen LogP contribution in [0, 0.1) is 3.57 Å². The number of carbonyl (C=O) groups excluding carboxylic acids is 1. The maximum Gasteiger partial charge on any atom is 0.262 e. The lowest BCUT2D eigenvalue weighted by Gasteiger charge is -2.16. The Labute approximate surface area is 171 Å². The van der Waals surface area contributed by atoms with E-state index >= 15 is 0 Å². The molecule has 138 valence electrons. The number of fused-ring (bicyclic) bond motifs is 1. The standard InChI is InChI=1S/C21H20IN3O2/c22-16-6-10-19(11-7-16)27-14-20(26)24-17-8-4-15(5-9-17)21-23-13-18-3-1-2-12-25(18)21/h4-11,13H,1-3,12,14H2,(H,24,26). The van der Waals surface area contributed by atoms with E-state index in [-0.39, 0.29) is 12.5 Å². The summed E-state index contributed by atoms with van der Waals surface area (Å²) in [4.78, 5) is 16.7. The van der Waals surface area contributed by atoms with Crippen LogP contribution in [0.4, 0.5) is 5.69 Å². The number of hydrogen-bond donors (Lipinski definition) is 1. The molecule has 0 fully saturated rings. The van der Waals surface area contributed by atoms with Gasteiger partial charge in [0, 0.05) is 33.3 Å². The third kappa shape index (κ3) is 4.32. The number of halogens is 1. The fraction of sp³-hybridized carbons (Fsp3) is 0.238. The van der Waals surface area contributed by atoms with Crippen LogP contribution in [0.1, 0.15) is 18.5 Å². The Morgan fingerprint density at radius 3 is 2.67 bits per heavy atom. The minimum atomic E-state index is -0.181. The molecule has 6 heteroatoms. The van der Waals surface area contributed by atoms with Crippen LogP contribution in [0.15, 0.2) is 54.7 Å². The van der Waals surface area contributed by atoms with E-state index in [2.05, 4.69) is 37.5 Å². The average Bonchev–Trinajstić information content (AvgIpc) is 3.12. The van der Waals surface area contributed by atoms with Crippen LogP contribution in [0.5, 0.6) is 5.75 Å². The molecule has 0 atom stereocenters. The summed E-state index contributed by atoms with van der Waals surface area (Å²) in [5.41, 5.74) is 3.12. The van der Waals surface area contributed by atoms with Crippen molar-refractivity contribution >= 4 is 34.2 Å². The van der Waals surface area contributed by atoms with Crippen molar-refractivity contribution in [3.63, 3.8) is 0 Å². The van der Waals surface area contributed by atoms with E-state index in [1.54, 1.807) is 0 Å². The van der Waals surface area contributed by atoms with E-state index in [1.807, 2.05) is 54.7 Å². The number of anilines is 1. The highest BCUT2D eigenvalue weighted by molar-refractivity contribution is 14.1. The third-order valence-electron chi connectivity index (χ3n) is 4.61. The minimum absolute atomic E-state index is 0.0177. The summed E-state index contributed by atoms with van der Waals surface area (Å²) in [5.74, 6) is 1.51. The number of imidazole rings is 1. The summed E-state index contributed by atoms with van der Waals surface area (Å²) >= 11 is 2.23. The van der Waals surface area contributed by atoms with Crippen LogP contribution < -0.4 is 10.1 Å². The monoisotopic (exact) mass is 473 g/mol. The Bertz CT molecular complexity index is 933. The molecule has 1 amide bonds. The van der Waals surface area contributed by atoms with Crippen LogP contribution >= 0.6 is 22.6 Å². The highest BCUT2D eigenvalue weighted by atomic mass is 127. The highest BCUT2D eigenvalue weighted by Crippen LogP contribution is 2.25. The van der Waals surface area contributed by atoms with Gasteiger partial charge in [0.15, 0.2) is 6.61 Å². The molecule has 3 aromatic rings. The molecule has 0 saturated heterocycles. The zero-order valence-corrected chi connectivity index (χ0v) is 17.0. The fourth-order valence-electron chi connectivity index (χ4n) is 3.25. The summed E-state index contributed by atoms with van der Waals surface area (Å²) in [6, 6.07) is 15.4. The smallest absolute Gasteiger partial charge is 0.262 e. The van der Waals surface area contributed by atoms with Crippen LogP contribution in [0.3, 0.4) is 0 Å². The zero-order chi connectivity index (χ0) is 18.6. The second-order valence-electron chi connectivity index (χ2n) is 6.55. The first-order chi connectivity index (χ1) is 13.2. The van der Waals surface area contributed by atoms with Gasteiger partial charge in [-0.3, -0.25) is 4.79 Å². The molecule has 1 N–H and O–H groups in total. The van der Waals surface area contributed by atoms with Gasteiger partial charge in [0.2, 0.25) is 0 Å². The normalized spacial score (nSPS) is 13.1. The van der Waals surface area contributed by atoms with Gasteiger partial charge in [0.1, 0.15) is 11.6 Å². The van der Waals surface area contributed by atoms with E-state index in [0.29, 0.717) is 5.75 Å². The van der Waals surface area contributed by atoms with Gasteiger partial charge in [-0.05, 0) is 90.4 Å². The average molecular weight is 473 g/mol. The molecule has 1 aliphatic heterocycles. The van der Waals surface area contributed by atoms with Gasteiger partial charge in [0.25, 0.3) is 5.91 Å². The van der Waals surface area contributed by atoms with Crippen molar-refractivity contribution < 1.29 is 9.53 Å². The Morgan fingerprint density at radius 1 is 1.11 bits per heavy atom. The molecule has 0 unspecified atom stereocenters.